The van der Waals surface area contributed by atoms with Gasteiger partial charge in [0.1, 0.15) is 0 Å². The molecule has 0 radical (unpaired) electrons. The first-order valence-electron chi connectivity index (χ1n) is 10.0. The zero-order chi connectivity index (χ0) is 19.0. The van der Waals surface area contributed by atoms with Crippen molar-refractivity contribution < 1.29 is 9.32 Å². The molecule has 144 valence electrons. The molecule has 1 aromatic heterocycles. The van der Waals surface area contributed by atoms with E-state index in [1.54, 1.807) is 0 Å². The molecule has 1 fully saturated rings. The highest BCUT2D eigenvalue weighted by Crippen LogP contribution is 2.41. The van der Waals surface area contributed by atoms with E-state index in [4.69, 9.17) is 4.52 Å². The summed E-state index contributed by atoms with van der Waals surface area (Å²) >= 11 is 0. The summed E-state index contributed by atoms with van der Waals surface area (Å²) in [5.74, 6) is 1.97. The molecule has 2 aliphatic rings. The molecule has 0 bridgehead atoms. The van der Waals surface area contributed by atoms with Gasteiger partial charge in [-0.05, 0) is 51.2 Å². The summed E-state index contributed by atoms with van der Waals surface area (Å²) in [7, 11) is 0. The average Bonchev–Trinajstić information content (AvgIpc) is 3.42. The normalized spacial score (nSPS) is 23.0. The summed E-state index contributed by atoms with van der Waals surface area (Å²) in [4.78, 5) is 19.7. The minimum Gasteiger partial charge on any atom is -0.361 e. The SMILES string of the molecule is CC[C@H](C)NC(=O)[C@@H]1C[C@H](C)N(Cc2noc(C3CC3)n2)c2ccccc21. The van der Waals surface area contributed by atoms with E-state index in [9.17, 15) is 4.79 Å². The van der Waals surface area contributed by atoms with Crippen LogP contribution in [0, 0.1) is 0 Å². The maximum atomic E-state index is 12.9. The van der Waals surface area contributed by atoms with Gasteiger partial charge in [-0.2, -0.15) is 4.98 Å². The largest absolute Gasteiger partial charge is 0.361 e. The third-order valence-electron chi connectivity index (χ3n) is 5.77. The number of carbonyl (C=O) groups is 1. The molecule has 0 unspecified atom stereocenters. The number of nitrogens with zero attached hydrogens (tertiary/aromatic N) is 3. The maximum absolute atomic E-state index is 12.9. The number of benzene rings is 1. The number of hydrogen-bond donors (Lipinski definition) is 1. The number of hydrogen-bond acceptors (Lipinski definition) is 5. The molecule has 2 aromatic rings. The monoisotopic (exact) mass is 368 g/mol. The minimum atomic E-state index is -0.117. The van der Waals surface area contributed by atoms with Crippen molar-refractivity contribution in [3.05, 3.63) is 41.5 Å². The highest BCUT2D eigenvalue weighted by atomic mass is 16.5. The lowest BCUT2D eigenvalue weighted by molar-refractivity contribution is -0.123. The molecule has 27 heavy (non-hydrogen) atoms. The van der Waals surface area contributed by atoms with Gasteiger partial charge in [0.05, 0.1) is 12.5 Å². The van der Waals surface area contributed by atoms with E-state index in [0.29, 0.717) is 12.5 Å². The summed E-state index contributed by atoms with van der Waals surface area (Å²) in [6, 6.07) is 8.61. The van der Waals surface area contributed by atoms with Gasteiger partial charge in [-0.15, -0.1) is 0 Å². The standard InChI is InChI=1S/C21H28N4O2/c1-4-13(2)22-20(26)17-11-14(3)25(18-8-6-5-7-16(17)18)12-19-23-21(27-24-19)15-9-10-15/h5-8,13-15,17H,4,9-12H2,1-3H3,(H,22,26)/t13-,14-,17+/m0/s1. The number of anilines is 1. The molecule has 2 heterocycles. The van der Waals surface area contributed by atoms with Gasteiger partial charge in [0.25, 0.3) is 0 Å². The summed E-state index contributed by atoms with van der Waals surface area (Å²) < 4.78 is 5.42. The van der Waals surface area contributed by atoms with Gasteiger partial charge in [-0.3, -0.25) is 4.79 Å². The fourth-order valence-electron chi connectivity index (χ4n) is 3.79. The highest BCUT2D eigenvalue weighted by molar-refractivity contribution is 5.86. The number of amides is 1. The topological polar surface area (TPSA) is 71.3 Å². The molecule has 6 heteroatoms. The summed E-state index contributed by atoms with van der Waals surface area (Å²) in [6.07, 6.45) is 4.02. The van der Waals surface area contributed by atoms with Crippen molar-refractivity contribution in [1.82, 2.24) is 15.5 Å². The van der Waals surface area contributed by atoms with Crippen LogP contribution in [0.2, 0.25) is 0 Å². The van der Waals surface area contributed by atoms with Gasteiger partial charge in [0.2, 0.25) is 11.8 Å². The number of fused-ring (bicyclic) bond motifs is 1. The molecular weight excluding hydrogens is 340 g/mol. The van der Waals surface area contributed by atoms with Gasteiger partial charge in [0, 0.05) is 23.7 Å². The molecule has 0 saturated heterocycles. The van der Waals surface area contributed by atoms with Crippen molar-refractivity contribution in [2.75, 3.05) is 4.90 Å². The lowest BCUT2D eigenvalue weighted by Gasteiger charge is -2.40. The summed E-state index contributed by atoms with van der Waals surface area (Å²) in [5.41, 5.74) is 2.18. The molecule has 0 spiro atoms. The van der Waals surface area contributed by atoms with E-state index >= 15 is 0 Å². The van der Waals surface area contributed by atoms with Crippen molar-refractivity contribution in [3.63, 3.8) is 0 Å². The number of aromatic nitrogens is 2. The van der Waals surface area contributed by atoms with Crippen LogP contribution in [0.3, 0.4) is 0 Å². The Hall–Kier alpha value is -2.37. The Balaban J connectivity index is 1.57. The molecule has 6 nitrogen and oxygen atoms in total. The maximum Gasteiger partial charge on any atom is 0.229 e. The van der Waals surface area contributed by atoms with Gasteiger partial charge >= 0.3 is 0 Å². The predicted octanol–water partition coefficient (Wildman–Crippen LogP) is 3.74. The Bertz CT molecular complexity index is 814. The number of rotatable bonds is 6. The Morgan fingerprint density at radius 2 is 2.15 bits per heavy atom. The quantitative estimate of drug-likeness (QED) is 0.841. The fourth-order valence-corrected chi connectivity index (χ4v) is 3.79. The van der Waals surface area contributed by atoms with Crippen molar-refractivity contribution in [2.45, 2.75) is 76.9 Å². The lowest BCUT2D eigenvalue weighted by Crippen LogP contribution is -2.44. The van der Waals surface area contributed by atoms with Crippen LogP contribution in [0.5, 0.6) is 0 Å². The van der Waals surface area contributed by atoms with Crippen LogP contribution < -0.4 is 10.2 Å². The number of nitrogens with one attached hydrogen (secondary N) is 1. The van der Waals surface area contributed by atoms with E-state index in [2.05, 4.69) is 53.3 Å². The average molecular weight is 368 g/mol. The molecule has 1 N–H and O–H groups in total. The lowest BCUT2D eigenvalue weighted by atomic mass is 9.85. The van der Waals surface area contributed by atoms with E-state index < -0.39 is 0 Å². The minimum absolute atomic E-state index is 0.117. The zero-order valence-electron chi connectivity index (χ0n) is 16.3. The van der Waals surface area contributed by atoms with Crippen molar-refractivity contribution >= 4 is 11.6 Å². The Morgan fingerprint density at radius 3 is 2.89 bits per heavy atom. The first-order chi connectivity index (χ1) is 13.1. The van der Waals surface area contributed by atoms with Gasteiger partial charge < -0.3 is 14.7 Å². The predicted molar refractivity (Wildman–Crippen MR) is 104 cm³/mol. The van der Waals surface area contributed by atoms with Gasteiger partial charge in [-0.1, -0.05) is 30.3 Å². The summed E-state index contributed by atoms with van der Waals surface area (Å²) in [6.45, 7) is 6.91. The third kappa shape index (κ3) is 3.70. The van der Waals surface area contributed by atoms with E-state index in [-0.39, 0.29) is 23.9 Å². The first kappa shape index (κ1) is 18.0. The van der Waals surface area contributed by atoms with Crippen molar-refractivity contribution in [1.29, 1.82) is 0 Å². The second kappa shape index (κ2) is 7.33. The van der Waals surface area contributed by atoms with E-state index in [0.717, 1.165) is 48.6 Å². The molecule has 1 saturated carbocycles. The second-order valence-corrected chi connectivity index (χ2v) is 7.97. The Labute approximate surface area is 160 Å². The zero-order valence-corrected chi connectivity index (χ0v) is 16.3. The van der Waals surface area contributed by atoms with Crippen LogP contribution in [0.4, 0.5) is 5.69 Å². The fraction of sp³-hybridized carbons (Fsp3) is 0.571. The molecule has 1 aliphatic heterocycles. The van der Waals surface area contributed by atoms with Crippen LogP contribution in [0.1, 0.15) is 75.6 Å². The molecule has 1 aliphatic carbocycles. The van der Waals surface area contributed by atoms with Crippen LogP contribution in [0.15, 0.2) is 28.8 Å². The van der Waals surface area contributed by atoms with Crippen molar-refractivity contribution in [3.8, 4) is 0 Å². The third-order valence-corrected chi connectivity index (χ3v) is 5.77. The Morgan fingerprint density at radius 1 is 1.37 bits per heavy atom. The molecule has 1 amide bonds. The molecular formula is C21H28N4O2. The molecule has 1 aromatic carbocycles. The van der Waals surface area contributed by atoms with Crippen LogP contribution in [0.25, 0.3) is 0 Å². The molecule has 4 rings (SSSR count). The van der Waals surface area contributed by atoms with Crippen molar-refractivity contribution in [2.24, 2.45) is 0 Å². The smallest absolute Gasteiger partial charge is 0.229 e. The van der Waals surface area contributed by atoms with E-state index in [1.807, 2.05) is 12.1 Å². The van der Waals surface area contributed by atoms with Crippen LogP contribution in [-0.4, -0.2) is 28.1 Å². The number of para-hydroxylation sites is 1. The van der Waals surface area contributed by atoms with Gasteiger partial charge in [-0.25, -0.2) is 0 Å². The Kier molecular flexibility index (Phi) is 4.89. The van der Waals surface area contributed by atoms with E-state index in [1.165, 1.54) is 0 Å². The van der Waals surface area contributed by atoms with Crippen LogP contribution in [-0.2, 0) is 11.3 Å². The second-order valence-electron chi connectivity index (χ2n) is 7.97. The number of carbonyl (C=O) groups excluding carboxylic acids is 1. The van der Waals surface area contributed by atoms with Gasteiger partial charge in [0.15, 0.2) is 5.82 Å². The first-order valence-corrected chi connectivity index (χ1v) is 10.0. The molecule has 3 atom stereocenters. The summed E-state index contributed by atoms with van der Waals surface area (Å²) in [5, 5.41) is 7.33. The van der Waals surface area contributed by atoms with Crippen LogP contribution >= 0.6 is 0 Å². The highest BCUT2D eigenvalue weighted by Gasteiger charge is 2.35.